The van der Waals surface area contributed by atoms with Gasteiger partial charge in [-0.1, -0.05) is 13.8 Å². The van der Waals surface area contributed by atoms with Crippen molar-refractivity contribution in [1.29, 1.82) is 0 Å². The van der Waals surface area contributed by atoms with Gasteiger partial charge in [-0.3, -0.25) is 4.79 Å². The molecular formula is C17H28O4. The minimum atomic E-state index is -0.179. The van der Waals surface area contributed by atoms with Gasteiger partial charge in [0.15, 0.2) is 0 Å². The van der Waals surface area contributed by atoms with Crippen molar-refractivity contribution in [3.8, 4) is 0 Å². The van der Waals surface area contributed by atoms with Gasteiger partial charge in [0.05, 0.1) is 26.4 Å². The van der Waals surface area contributed by atoms with Crippen molar-refractivity contribution in [2.75, 3.05) is 14.2 Å². The van der Waals surface area contributed by atoms with Gasteiger partial charge in [0.2, 0.25) is 0 Å². The molecule has 21 heavy (non-hydrogen) atoms. The largest absolute Gasteiger partial charge is 0.504 e. The van der Waals surface area contributed by atoms with Gasteiger partial charge in [-0.05, 0) is 49.5 Å². The summed E-state index contributed by atoms with van der Waals surface area (Å²) < 4.78 is 10.2. The number of carbonyl (C=O) groups excluding carboxylic acids is 2. The number of ether oxygens (including phenoxy) is 2. The Labute approximate surface area is 127 Å². The van der Waals surface area contributed by atoms with E-state index < -0.39 is 0 Å². The highest BCUT2D eigenvalue weighted by Crippen LogP contribution is 2.44. The highest BCUT2D eigenvalue weighted by Gasteiger charge is 2.38. The monoisotopic (exact) mass is 296 g/mol. The molecule has 0 amide bonds. The Morgan fingerprint density at radius 3 is 2.52 bits per heavy atom. The summed E-state index contributed by atoms with van der Waals surface area (Å²) in [4.78, 5) is 23.2. The van der Waals surface area contributed by atoms with Crippen LogP contribution in [0.3, 0.4) is 0 Å². The molecule has 4 atom stereocenters. The summed E-state index contributed by atoms with van der Waals surface area (Å²) in [5.74, 6) is 0.810. The lowest BCUT2D eigenvalue weighted by Gasteiger charge is -2.39. The molecule has 4 nitrogen and oxygen atoms in total. The van der Waals surface area contributed by atoms with Crippen LogP contribution in [0.15, 0.2) is 11.8 Å². The van der Waals surface area contributed by atoms with Crippen molar-refractivity contribution in [1.82, 2.24) is 0 Å². The molecule has 0 aliphatic heterocycles. The van der Waals surface area contributed by atoms with Gasteiger partial charge < -0.3 is 14.3 Å². The highest BCUT2D eigenvalue weighted by atomic mass is 16.5. The lowest BCUT2D eigenvalue weighted by atomic mass is 9.66. The Balaban J connectivity index is 2.96. The van der Waals surface area contributed by atoms with E-state index in [0.29, 0.717) is 18.3 Å². The average molecular weight is 296 g/mol. The predicted octanol–water partition coefficient (Wildman–Crippen LogP) is 3.36. The Bertz CT molecular complexity index is 400. The third-order valence-electron chi connectivity index (χ3n) is 4.71. The third kappa shape index (κ3) is 4.58. The van der Waals surface area contributed by atoms with Crippen LogP contribution in [0, 0.1) is 23.7 Å². The molecule has 2 unspecified atom stereocenters. The molecule has 1 aliphatic carbocycles. The lowest BCUT2D eigenvalue weighted by Crippen LogP contribution is -2.33. The van der Waals surface area contributed by atoms with Crippen LogP contribution in [0.1, 0.15) is 46.5 Å². The van der Waals surface area contributed by atoms with Crippen molar-refractivity contribution in [2.24, 2.45) is 23.7 Å². The van der Waals surface area contributed by atoms with Crippen molar-refractivity contribution in [3.05, 3.63) is 11.8 Å². The molecular weight excluding hydrogens is 268 g/mol. The summed E-state index contributed by atoms with van der Waals surface area (Å²) in [6, 6.07) is 0. The van der Waals surface area contributed by atoms with Crippen LogP contribution < -0.4 is 0 Å². The third-order valence-corrected chi connectivity index (χ3v) is 4.71. The molecule has 1 rings (SSSR count). The number of hydrogen-bond donors (Lipinski definition) is 0. The molecule has 0 aromatic heterocycles. The number of ketones is 1. The van der Waals surface area contributed by atoms with E-state index in [-0.39, 0.29) is 23.6 Å². The molecule has 0 heterocycles. The van der Waals surface area contributed by atoms with Crippen molar-refractivity contribution < 1.29 is 19.1 Å². The summed E-state index contributed by atoms with van der Waals surface area (Å²) >= 11 is 0. The maximum Gasteiger partial charge on any atom is 0.308 e. The smallest absolute Gasteiger partial charge is 0.308 e. The minimum absolute atomic E-state index is 0.144. The van der Waals surface area contributed by atoms with Crippen molar-refractivity contribution in [2.45, 2.75) is 46.5 Å². The lowest BCUT2D eigenvalue weighted by molar-refractivity contribution is -0.146. The predicted molar refractivity (Wildman–Crippen MR) is 81.6 cm³/mol. The SMILES string of the molecule is CO/C=C1/C(C(C)C(=O)OC)CC[C@@H](C)[C@@H]1CCC(C)=O. The van der Waals surface area contributed by atoms with E-state index in [1.807, 2.05) is 6.92 Å². The molecule has 0 saturated heterocycles. The van der Waals surface area contributed by atoms with E-state index in [4.69, 9.17) is 9.47 Å². The Hall–Kier alpha value is -1.32. The van der Waals surface area contributed by atoms with E-state index in [1.165, 1.54) is 7.11 Å². The Morgan fingerprint density at radius 1 is 1.33 bits per heavy atom. The number of methoxy groups -OCH3 is 2. The van der Waals surface area contributed by atoms with Crippen LogP contribution in [0.2, 0.25) is 0 Å². The second-order valence-electron chi connectivity index (χ2n) is 6.17. The fourth-order valence-electron chi connectivity index (χ4n) is 3.42. The maximum atomic E-state index is 11.9. The zero-order valence-corrected chi connectivity index (χ0v) is 13.8. The second-order valence-corrected chi connectivity index (χ2v) is 6.17. The van der Waals surface area contributed by atoms with Crippen molar-refractivity contribution in [3.63, 3.8) is 0 Å². The van der Waals surface area contributed by atoms with Gasteiger partial charge in [-0.15, -0.1) is 0 Å². The molecule has 4 heteroatoms. The highest BCUT2D eigenvalue weighted by molar-refractivity contribution is 5.75. The Morgan fingerprint density at radius 2 is 2.00 bits per heavy atom. The fourth-order valence-corrected chi connectivity index (χ4v) is 3.42. The van der Waals surface area contributed by atoms with E-state index in [9.17, 15) is 9.59 Å². The molecule has 0 spiro atoms. The van der Waals surface area contributed by atoms with Crippen LogP contribution in [-0.4, -0.2) is 26.0 Å². The fraction of sp³-hybridized carbons (Fsp3) is 0.765. The van der Waals surface area contributed by atoms with Gasteiger partial charge >= 0.3 is 5.97 Å². The van der Waals surface area contributed by atoms with E-state index in [1.54, 1.807) is 20.3 Å². The van der Waals surface area contributed by atoms with Crippen molar-refractivity contribution >= 4 is 11.8 Å². The van der Waals surface area contributed by atoms with Gasteiger partial charge in [-0.25, -0.2) is 0 Å². The van der Waals surface area contributed by atoms with Crippen LogP contribution in [-0.2, 0) is 19.1 Å². The quantitative estimate of drug-likeness (QED) is 0.557. The summed E-state index contributed by atoms with van der Waals surface area (Å²) in [5.41, 5.74) is 1.16. The van der Waals surface area contributed by atoms with Crippen LogP contribution in [0.25, 0.3) is 0 Å². The minimum Gasteiger partial charge on any atom is -0.504 e. The first kappa shape index (κ1) is 17.7. The molecule has 120 valence electrons. The number of rotatable bonds is 6. The first-order chi connectivity index (χ1) is 9.92. The number of carbonyl (C=O) groups is 2. The molecule has 0 N–H and O–H groups in total. The molecule has 1 aliphatic rings. The average Bonchev–Trinajstić information content (AvgIpc) is 2.45. The summed E-state index contributed by atoms with van der Waals surface area (Å²) in [6.07, 6.45) is 5.22. The van der Waals surface area contributed by atoms with Gasteiger partial charge in [0.1, 0.15) is 5.78 Å². The molecule has 0 aromatic carbocycles. The van der Waals surface area contributed by atoms with E-state index >= 15 is 0 Å². The zero-order valence-electron chi connectivity index (χ0n) is 13.8. The molecule has 1 saturated carbocycles. The topological polar surface area (TPSA) is 52.6 Å². The normalized spacial score (nSPS) is 29.0. The number of Topliss-reactive ketones (excluding diaryl/α,β-unsaturated/α-hetero) is 1. The number of esters is 1. The molecule has 0 aromatic rings. The first-order valence-electron chi connectivity index (χ1n) is 7.72. The van der Waals surface area contributed by atoms with E-state index in [2.05, 4.69) is 6.92 Å². The number of allylic oxidation sites excluding steroid dienone is 1. The van der Waals surface area contributed by atoms with E-state index in [0.717, 1.165) is 24.8 Å². The molecule has 0 bridgehead atoms. The van der Waals surface area contributed by atoms with Crippen LogP contribution in [0.4, 0.5) is 0 Å². The summed E-state index contributed by atoms with van der Waals surface area (Å²) in [7, 11) is 3.06. The first-order valence-corrected chi connectivity index (χ1v) is 7.72. The second kappa shape index (κ2) is 8.20. The Kier molecular flexibility index (Phi) is 6.93. The molecule has 1 fully saturated rings. The summed E-state index contributed by atoms with van der Waals surface area (Å²) in [6.45, 7) is 5.76. The van der Waals surface area contributed by atoms with Gasteiger partial charge in [0, 0.05) is 6.42 Å². The maximum absolute atomic E-state index is 11.9. The van der Waals surface area contributed by atoms with Gasteiger partial charge in [-0.2, -0.15) is 0 Å². The standard InChI is InChI=1S/C17H28O4/c1-11-6-8-15(13(3)17(19)21-5)16(10-20-4)14(11)9-7-12(2)18/h10-11,13-15H,6-9H2,1-5H3/b16-10+/t11-,13?,14+,15?/m1/s1. The van der Waals surface area contributed by atoms with Gasteiger partial charge in [0.25, 0.3) is 0 Å². The zero-order chi connectivity index (χ0) is 16.0. The molecule has 0 radical (unpaired) electrons. The van der Waals surface area contributed by atoms with Crippen LogP contribution in [0.5, 0.6) is 0 Å². The number of hydrogen-bond acceptors (Lipinski definition) is 4. The van der Waals surface area contributed by atoms with Crippen LogP contribution >= 0.6 is 0 Å². The summed E-state index contributed by atoms with van der Waals surface area (Å²) in [5, 5.41) is 0.